The van der Waals surface area contributed by atoms with Crippen molar-refractivity contribution in [3.63, 3.8) is 0 Å². The third kappa shape index (κ3) is 3.30. The number of carboxylic acid groups (broad SMARTS) is 1. The fraction of sp³-hybridized carbons (Fsp3) is 0.385. The molecule has 0 unspecified atom stereocenters. The van der Waals surface area contributed by atoms with Gasteiger partial charge >= 0.3 is 5.97 Å². The van der Waals surface area contributed by atoms with E-state index < -0.39 is 22.3 Å². The molecule has 0 fully saturated rings. The quantitative estimate of drug-likeness (QED) is 0.665. The van der Waals surface area contributed by atoms with E-state index in [-0.39, 0.29) is 22.8 Å². The first kappa shape index (κ1) is 16.9. The Morgan fingerprint density at radius 1 is 1.43 bits per heavy atom. The predicted octanol–water partition coefficient (Wildman–Crippen LogP) is 2.57. The molecule has 0 spiro atoms. The normalized spacial score (nSPS) is 11.0. The second-order valence-electron chi connectivity index (χ2n) is 4.83. The molecule has 0 radical (unpaired) electrons. The van der Waals surface area contributed by atoms with Crippen LogP contribution < -0.4 is 0 Å². The third-order valence-electron chi connectivity index (χ3n) is 3.15. The number of carbonyl (C=O) groups excluding carboxylic acids is 1. The van der Waals surface area contributed by atoms with Crippen LogP contribution in [0, 0.1) is 10.1 Å². The number of nitro groups is 1. The number of carbonyl (C=O) groups is 2. The van der Waals surface area contributed by atoms with Gasteiger partial charge < -0.3 is 10.0 Å². The summed E-state index contributed by atoms with van der Waals surface area (Å²) in [6, 6.07) is 3.44. The van der Waals surface area contributed by atoms with E-state index in [1.165, 1.54) is 19.9 Å². The van der Waals surface area contributed by atoms with Gasteiger partial charge in [0.25, 0.3) is 11.6 Å². The van der Waals surface area contributed by atoms with Crippen LogP contribution in [0.5, 0.6) is 0 Å². The Bertz CT molecular complexity index is 600. The van der Waals surface area contributed by atoms with Crippen molar-refractivity contribution in [2.24, 2.45) is 0 Å². The highest BCUT2D eigenvalue weighted by atomic mass is 35.5. The minimum absolute atomic E-state index is 0.0263. The minimum Gasteiger partial charge on any atom is -0.480 e. The highest BCUT2D eigenvalue weighted by molar-refractivity contribution is 6.34. The number of hydrogen-bond acceptors (Lipinski definition) is 4. The highest BCUT2D eigenvalue weighted by Gasteiger charge is 2.37. The number of nitro benzene ring substituents is 1. The summed E-state index contributed by atoms with van der Waals surface area (Å²) in [5.74, 6) is -1.75. The standard InChI is InChI=1S/C13H15ClN2O5/c1-4-15(13(2,3)12(18)19)11(17)9-6-5-8(16(20)21)7-10(9)14/h5-7H,4H2,1-3H3,(H,18,19). The first-order valence-corrected chi connectivity index (χ1v) is 6.50. The first-order valence-electron chi connectivity index (χ1n) is 6.12. The zero-order chi connectivity index (χ0) is 16.4. The van der Waals surface area contributed by atoms with Crippen LogP contribution in [0.1, 0.15) is 31.1 Å². The van der Waals surface area contributed by atoms with Gasteiger partial charge in [-0.05, 0) is 26.8 Å². The second kappa shape index (κ2) is 6.09. The van der Waals surface area contributed by atoms with Gasteiger partial charge in [0.15, 0.2) is 0 Å². The van der Waals surface area contributed by atoms with Crippen LogP contribution in [0.3, 0.4) is 0 Å². The number of likely N-dealkylation sites (N-methyl/N-ethyl adjacent to an activating group) is 1. The Morgan fingerprint density at radius 2 is 2.00 bits per heavy atom. The van der Waals surface area contributed by atoms with Gasteiger partial charge in [-0.3, -0.25) is 14.9 Å². The lowest BCUT2D eigenvalue weighted by atomic mass is 10.0. The number of benzene rings is 1. The molecule has 1 amide bonds. The Balaban J connectivity index is 3.24. The Hall–Kier alpha value is -2.15. The van der Waals surface area contributed by atoms with Crippen molar-refractivity contribution >= 4 is 29.2 Å². The molecule has 0 saturated carbocycles. The lowest BCUT2D eigenvalue weighted by molar-refractivity contribution is -0.384. The zero-order valence-corrected chi connectivity index (χ0v) is 12.5. The van der Waals surface area contributed by atoms with E-state index in [1.807, 2.05) is 0 Å². The monoisotopic (exact) mass is 314 g/mol. The minimum atomic E-state index is -1.42. The van der Waals surface area contributed by atoms with E-state index in [0.717, 1.165) is 17.0 Å². The van der Waals surface area contributed by atoms with Crippen molar-refractivity contribution < 1.29 is 19.6 Å². The molecule has 0 aromatic heterocycles. The first-order chi connectivity index (χ1) is 9.62. The fourth-order valence-electron chi connectivity index (χ4n) is 1.84. The van der Waals surface area contributed by atoms with E-state index in [2.05, 4.69) is 0 Å². The van der Waals surface area contributed by atoms with Crippen LogP contribution in [-0.4, -0.2) is 38.9 Å². The number of non-ortho nitro benzene ring substituents is 1. The van der Waals surface area contributed by atoms with Gasteiger partial charge in [-0.1, -0.05) is 11.6 Å². The van der Waals surface area contributed by atoms with Crippen LogP contribution in [0.25, 0.3) is 0 Å². The number of aliphatic carboxylic acids is 1. The smallest absolute Gasteiger partial charge is 0.329 e. The van der Waals surface area contributed by atoms with Crippen molar-refractivity contribution in [1.29, 1.82) is 0 Å². The van der Waals surface area contributed by atoms with E-state index in [4.69, 9.17) is 11.6 Å². The maximum absolute atomic E-state index is 12.4. The second-order valence-corrected chi connectivity index (χ2v) is 5.24. The van der Waals surface area contributed by atoms with E-state index >= 15 is 0 Å². The molecule has 1 N–H and O–H groups in total. The molecule has 21 heavy (non-hydrogen) atoms. The number of hydrogen-bond donors (Lipinski definition) is 1. The molecule has 1 aromatic carbocycles. The summed E-state index contributed by atoms with van der Waals surface area (Å²) in [4.78, 5) is 34.9. The van der Waals surface area contributed by atoms with Crippen molar-refractivity contribution in [2.75, 3.05) is 6.54 Å². The number of amides is 1. The SMILES string of the molecule is CCN(C(=O)c1ccc([N+](=O)[O-])cc1Cl)C(C)(C)C(=O)O. The van der Waals surface area contributed by atoms with Crippen molar-refractivity contribution in [1.82, 2.24) is 4.90 Å². The number of carboxylic acids is 1. The molecule has 1 aromatic rings. The molecular formula is C13H15ClN2O5. The molecule has 0 bridgehead atoms. The van der Waals surface area contributed by atoms with Gasteiger partial charge in [-0.15, -0.1) is 0 Å². The molecule has 0 aliphatic heterocycles. The van der Waals surface area contributed by atoms with Crippen LogP contribution >= 0.6 is 11.6 Å². The fourth-order valence-corrected chi connectivity index (χ4v) is 2.10. The number of rotatable bonds is 5. The maximum atomic E-state index is 12.4. The lowest BCUT2D eigenvalue weighted by Gasteiger charge is -2.34. The number of halogens is 1. The summed E-state index contributed by atoms with van der Waals surface area (Å²) in [6.45, 7) is 4.60. The van der Waals surface area contributed by atoms with Gasteiger partial charge in [0, 0.05) is 18.7 Å². The molecule has 0 atom stereocenters. The van der Waals surface area contributed by atoms with Crippen molar-refractivity contribution in [3.8, 4) is 0 Å². The van der Waals surface area contributed by atoms with Crippen LogP contribution in [0.4, 0.5) is 5.69 Å². The van der Waals surface area contributed by atoms with Gasteiger partial charge in [0.1, 0.15) is 5.54 Å². The van der Waals surface area contributed by atoms with E-state index in [9.17, 15) is 24.8 Å². The van der Waals surface area contributed by atoms with Crippen molar-refractivity contribution in [2.45, 2.75) is 26.3 Å². The molecular weight excluding hydrogens is 300 g/mol. The Morgan fingerprint density at radius 3 is 2.38 bits per heavy atom. The topological polar surface area (TPSA) is 101 Å². The predicted molar refractivity (Wildman–Crippen MR) is 76.5 cm³/mol. The maximum Gasteiger partial charge on any atom is 0.329 e. The summed E-state index contributed by atoms with van der Waals surface area (Å²) < 4.78 is 0. The van der Waals surface area contributed by atoms with Crippen LogP contribution in [0.2, 0.25) is 5.02 Å². The molecule has 0 heterocycles. The molecule has 1 rings (SSSR count). The molecule has 114 valence electrons. The summed E-state index contributed by atoms with van der Waals surface area (Å²) in [5.41, 5.74) is -1.63. The zero-order valence-electron chi connectivity index (χ0n) is 11.8. The Labute approximate surface area is 126 Å². The molecule has 0 saturated heterocycles. The average Bonchev–Trinajstić information content (AvgIpc) is 2.38. The third-order valence-corrected chi connectivity index (χ3v) is 3.47. The largest absolute Gasteiger partial charge is 0.480 e. The van der Waals surface area contributed by atoms with Crippen molar-refractivity contribution in [3.05, 3.63) is 38.9 Å². The summed E-state index contributed by atoms with van der Waals surface area (Å²) in [5, 5.41) is 19.8. The Kier molecular flexibility index (Phi) is 4.90. The summed E-state index contributed by atoms with van der Waals surface area (Å²) in [7, 11) is 0. The van der Waals surface area contributed by atoms with E-state index in [0.29, 0.717) is 0 Å². The molecule has 0 aliphatic rings. The molecule has 7 nitrogen and oxygen atoms in total. The van der Waals surface area contributed by atoms with Crippen LogP contribution in [0.15, 0.2) is 18.2 Å². The van der Waals surface area contributed by atoms with Crippen LogP contribution in [-0.2, 0) is 4.79 Å². The van der Waals surface area contributed by atoms with E-state index in [1.54, 1.807) is 6.92 Å². The average molecular weight is 315 g/mol. The lowest BCUT2D eigenvalue weighted by Crippen LogP contribution is -2.52. The van der Waals surface area contributed by atoms with Gasteiger partial charge in [0.2, 0.25) is 0 Å². The number of nitrogens with zero attached hydrogens (tertiary/aromatic N) is 2. The summed E-state index contributed by atoms with van der Waals surface area (Å²) >= 11 is 5.90. The van der Waals surface area contributed by atoms with Gasteiger partial charge in [-0.25, -0.2) is 4.79 Å². The highest BCUT2D eigenvalue weighted by Crippen LogP contribution is 2.26. The molecule has 0 aliphatic carbocycles. The van der Waals surface area contributed by atoms with Gasteiger partial charge in [-0.2, -0.15) is 0 Å². The molecule has 8 heteroatoms. The summed E-state index contributed by atoms with van der Waals surface area (Å²) in [6.07, 6.45) is 0. The van der Waals surface area contributed by atoms with Gasteiger partial charge in [0.05, 0.1) is 15.5 Å².